The molecule has 1 amide bonds. The normalized spacial score (nSPS) is 11.0. The van der Waals surface area contributed by atoms with Gasteiger partial charge in [-0.15, -0.1) is 0 Å². The van der Waals surface area contributed by atoms with Crippen molar-refractivity contribution in [1.82, 2.24) is 10.0 Å². The summed E-state index contributed by atoms with van der Waals surface area (Å²) in [4.78, 5) is 34.6. The van der Waals surface area contributed by atoms with E-state index in [1.54, 1.807) is 24.3 Å². The van der Waals surface area contributed by atoms with Crippen LogP contribution in [0, 0.1) is 0 Å². The van der Waals surface area contributed by atoms with Crippen LogP contribution in [0.4, 0.5) is 0 Å². The fourth-order valence-electron chi connectivity index (χ4n) is 2.61. The quantitative estimate of drug-likeness (QED) is 0.436. The monoisotopic (exact) mass is 432 g/mol. The van der Waals surface area contributed by atoms with Crippen LogP contribution >= 0.6 is 0 Å². The smallest absolute Gasteiger partial charge is 0.337 e. The molecule has 0 saturated carbocycles. The van der Waals surface area contributed by atoms with Gasteiger partial charge in [-0.1, -0.05) is 24.3 Å². The molecule has 9 heteroatoms. The zero-order valence-corrected chi connectivity index (χ0v) is 17.6. The number of benzene rings is 2. The molecule has 0 atom stereocenters. The van der Waals surface area contributed by atoms with Gasteiger partial charge in [-0.05, 0) is 43.2 Å². The first-order valence-electron chi connectivity index (χ1n) is 9.27. The lowest BCUT2D eigenvalue weighted by Gasteiger charge is -2.08. The fraction of sp³-hybridized carbons (Fsp3) is 0.286. The SMILES string of the molecule is COC(=O)c1ccc(CCNC(=O)CCNS(=O)(=O)c2ccc(C(C)=O)cc2)cc1. The number of methoxy groups -OCH3 is 1. The highest BCUT2D eigenvalue weighted by atomic mass is 32.2. The number of hydrogen-bond acceptors (Lipinski definition) is 6. The molecule has 0 radical (unpaired) electrons. The molecule has 30 heavy (non-hydrogen) atoms. The second kappa shape index (κ2) is 10.7. The standard InChI is InChI=1S/C21H24N2O6S/c1-15(24)17-7-9-19(10-8-17)30(27,28)23-14-12-20(25)22-13-11-16-3-5-18(6-4-16)21(26)29-2/h3-10,23H,11-14H2,1-2H3,(H,22,25). The molecule has 0 bridgehead atoms. The number of carbonyl (C=O) groups is 3. The summed E-state index contributed by atoms with van der Waals surface area (Å²) in [7, 11) is -2.44. The molecular weight excluding hydrogens is 408 g/mol. The zero-order chi connectivity index (χ0) is 22.1. The largest absolute Gasteiger partial charge is 0.465 e. The van der Waals surface area contributed by atoms with Crippen LogP contribution in [0.15, 0.2) is 53.4 Å². The molecular formula is C21H24N2O6S. The lowest BCUT2D eigenvalue weighted by atomic mass is 10.1. The Balaban J connectivity index is 1.74. The Morgan fingerprint density at radius 3 is 2.07 bits per heavy atom. The van der Waals surface area contributed by atoms with Crippen molar-refractivity contribution in [2.24, 2.45) is 0 Å². The molecule has 0 aromatic heterocycles. The molecule has 160 valence electrons. The van der Waals surface area contributed by atoms with Gasteiger partial charge in [-0.25, -0.2) is 17.9 Å². The van der Waals surface area contributed by atoms with Gasteiger partial charge >= 0.3 is 5.97 Å². The molecule has 0 aliphatic carbocycles. The fourth-order valence-corrected chi connectivity index (χ4v) is 3.64. The van der Waals surface area contributed by atoms with Gasteiger partial charge in [-0.2, -0.15) is 0 Å². The molecule has 0 unspecified atom stereocenters. The number of hydrogen-bond donors (Lipinski definition) is 2. The maximum absolute atomic E-state index is 12.2. The summed E-state index contributed by atoms with van der Waals surface area (Å²) < 4.78 is 31.5. The third-order valence-electron chi connectivity index (χ3n) is 4.33. The molecule has 0 aliphatic rings. The summed E-state index contributed by atoms with van der Waals surface area (Å²) in [5.41, 5.74) is 1.82. The minimum absolute atomic E-state index is 0.00790. The maximum Gasteiger partial charge on any atom is 0.337 e. The summed E-state index contributed by atoms with van der Waals surface area (Å²) in [5, 5.41) is 2.72. The number of Topliss-reactive ketones (excluding diaryl/α,β-unsaturated/α-hetero) is 1. The first-order valence-corrected chi connectivity index (χ1v) is 10.8. The van der Waals surface area contributed by atoms with E-state index in [2.05, 4.69) is 14.8 Å². The van der Waals surface area contributed by atoms with Crippen molar-refractivity contribution < 1.29 is 27.5 Å². The van der Waals surface area contributed by atoms with Crippen molar-refractivity contribution in [3.8, 4) is 0 Å². The van der Waals surface area contributed by atoms with Gasteiger partial charge in [0.05, 0.1) is 17.6 Å². The van der Waals surface area contributed by atoms with E-state index in [1.807, 2.05) is 0 Å². The second-order valence-corrected chi connectivity index (χ2v) is 8.28. The Hall–Kier alpha value is -3.04. The summed E-state index contributed by atoms with van der Waals surface area (Å²) in [5.74, 6) is -0.842. The highest BCUT2D eigenvalue weighted by molar-refractivity contribution is 7.89. The van der Waals surface area contributed by atoms with E-state index in [4.69, 9.17) is 0 Å². The van der Waals surface area contributed by atoms with Crippen molar-refractivity contribution in [3.05, 3.63) is 65.2 Å². The van der Waals surface area contributed by atoms with Crippen LogP contribution in [-0.2, 0) is 26.0 Å². The second-order valence-electron chi connectivity index (χ2n) is 6.52. The van der Waals surface area contributed by atoms with E-state index in [9.17, 15) is 22.8 Å². The van der Waals surface area contributed by atoms with E-state index in [0.717, 1.165) is 5.56 Å². The van der Waals surface area contributed by atoms with Crippen LogP contribution in [0.3, 0.4) is 0 Å². The molecule has 2 aromatic carbocycles. The molecule has 0 aliphatic heterocycles. The lowest BCUT2D eigenvalue weighted by Crippen LogP contribution is -2.31. The van der Waals surface area contributed by atoms with Crippen LogP contribution in [-0.4, -0.2) is 46.3 Å². The van der Waals surface area contributed by atoms with Crippen molar-refractivity contribution in [2.75, 3.05) is 20.2 Å². The predicted molar refractivity (Wildman–Crippen MR) is 111 cm³/mol. The van der Waals surface area contributed by atoms with E-state index in [1.165, 1.54) is 38.3 Å². The molecule has 0 saturated heterocycles. The number of rotatable bonds is 10. The van der Waals surface area contributed by atoms with Crippen LogP contribution in [0.2, 0.25) is 0 Å². The van der Waals surface area contributed by atoms with E-state index >= 15 is 0 Å². The van der Waals surface area contributed by atoms with Gasteiger partial charge in [0.25, 0.3) is 0 Å². The van der Waals surface area contributed by atoms with Gasteiger partial charge in [0.1, 0.15) is 0 Å². The number of carbonyl (C=O) groups excluding carboxylic acids is 3. The van der Waals surface area contributed by atoms with Gasteiger partial charge in [0.15, 0.2) is 5.78 Å². The number of esters is 1. The van der Waals surface area contributed by atoms with Crippen LogP contribution in [0.5, 0.6) is 0 Å². The van der Waals surface area contributed by atoms with E-state index in [0.29, 0.717) is 24.1 Å². The van der Waals surface area contributed by atoms with Crippen LogP contribution in [0.1, 0.15) is 39.6 Å². The topological polar surface area (TPSA) is 119 Å². The Bertz CT molecular complexity index is 999. The average Bonchev–Trinajstić information content (AvgIpc) is 2.73. The number of nitrogens with one attached hydrogen (secondary N) is 2. The minimum atomic E-state index is -3.75. The first-order chi connectivity index (χ1) is 14.2. The zero-order valence-electron chi connectivity index (χ0n) is 16.8. The molecule has 2 rings (SSSR count). The Kier molecular flexibility index (Phi) is 8.25. The summed E-state index contributed by atoms with van der Waals surface area (Å²) in [6.45, 7) is 1.74. The highest BCUT2D eigenvalue weighted by Crippen LogP contribution is 2.11. The minimum Gasteiger partial charge on any atom is -0.465 e. The van der Waals surface area contributed by atoms with Crippen LogP contribution < -0.4 is 10.0 Å². The molecule has 0 spiro atoms. The molecule has 2 N–H and O–H groups in total. The molecule has 8 nitrogen and oxygen atoms in total. The van der Waals surface area contributed by atoms with E-state index in [-0.39, 0.29) is 29.6 Å². The summed E-state index contributed by atoms with van der Waals surface area (Å²) in [6.07, 6.45) is 0.563. The van der Waals surface area contributed by atoms with Crippen molar-refractivity contribution in [1.29, 1.82) is 0 Å². The van der Waals surface area contributed by atoms with Crippen molar-refractivity contribution in [3.63, 3.8) is 0 Å². The Labute approximate surface area is 175 Å². The number of ether oxygens (including phenoxy) is 1. The van der Waals surface area contributed by atoms with Gasteiger partial charge < -0.3 is 10.1 Å². The van der Waals surface area contributed by atoms with Gasteiger partial charge in [-0.3, -0.25) is 9.59 Å². The predicted octanol–water partition coefficient (Wildman–Crippen LogP) is 1.70. The van der Waals surface area contributed by atoms with E-state index < -0.39 is 16.0 Å². The molecule has 0 fully saturated rings. The summed E-state index contributed by atoms with van der Waals surface area (Å²) in [6, 6.07) is 12.5. The third-order valence-corrected chi connectivity index (χ3v) is 5.80. The number of sulfonamides is 1. The Morgan fingerprint density at radius 2 is 1.50 bits per heavy atom. The highest BCUT2D eigenvalue weighted by Gasteiger charge is 2.14. The van der Waals surface area contributed by atoms with Gasteiger partial charge in [0.2, 0.25) is 15.9 Å². The number of amides is 1. The first kappa shape index (κ1) is 23.2. The van der Waals surface area contributed by atoms with Gasteiger partial charge in [0, 0.05) is 25.1 Å². The van der Waals surface area contributed by atoms with Crippen molar-refractivity contribution in [2.45, 2.75) is 24.7 Å². The lowest BCUT2D eigenvalue weighted by molar-refractivity contribution is -0.120. The van der Waals surface area contributed by atoms with Crippen LogP contribution in [0.25, 0.3) is 0 Å². The third kappa shape index (κ3) is 6.78. The Morgan fingerprint density at radius 1 is 0.900 bits per heavy atom. The molecule has 0 heterocycles. The average molecular weight is 432 g/mol. The number of ketones is 1. The molecule has 2 aromatic rings. The summed E-state index contributed by atoms with van der Waals surface area (Å²) >= 11 is 0. The van der Waals surface area contributed by atoms with Crippen molar-refractivity contribution >= 4 is 27.7 Å². The maximum atomic E-state index is 12.2.